The lowest BCUT2D eigenvalue weighted by atomic mass is 9.96. The highest BCUT2D eigenvalue weighted by atomic mass is 16.4. The second-order valence-corrected chi connectivity index (χ2v) is 5.15. The number of carboxylic acids is 1. The molecular weight excluding hydrogens is 230 g/mol. The Bertz CT molecular complexity index is 481. The number of hydrogen-bond acceptors (Lipinski definition) is 2. The number of carboxylic acid groups (broad SMARTS) is 1. The largest absolute Gasteiger partial charge is 0.481 e. The van der Waals surface area contributed by atoms with Gasteiger partial charge in [0.1, 0.15) is 0 Å². The molecule has 3 rings (SSSR count). The first-order valence-electron chi connectivity index (χ1n) is 6.23. The van der Waals surface area contributed by atoms with Crippen LogP contribution in [0.3, 0.4) is 0 Å². The van der Waals surface area contributed by atoms with Gasteiger partial charge in [-0.3, -0.25) is 9.59 Å². The molecule has 1 heterocycles. The summed E-state index contributed by atoms with van der Waals surface area (Å²) >= 11 is 0. The molecule has 1 aliphatic heterocycles. The Hall–Kier alpha value is -1.84. The summed E-state index contributed by atoms with van der Waals surface area (Å²) < 4.78 is 0. The van der Waals surface area contributed by atoms with Gasteiger partial charge < -0.3 is 10.0 Å². The molecular formula is C14H15NO3. The topological polar surface area (TPSA) is 57.6 Å². The van der Waals surface area contributed by atoms with Crippen LogP contribution < -0.4 is 0 Å². The van der Waals surface area contributed by atoms with E-state index in [0.29, 0.717) is 13.1 Å². The molecule has 2 aliphatic rings. The summed E-state index contributed by atoms with van der Waals surface area (Å²) in [7, 11) is 0. The minimum absolute atomic E-state index is 0.0112. The zero-order valence-electron chi connectivity index (χ0n) is 10.0. The van der Waals surface area contributed by atoms with Crippen LogP contribution in [0.4, 0.5) is 0 Å². The Morgan fingerprint density at radius 2 is 1.61 bits per heavy atom. The van der Waals surface area contributed by atoms with Crippen molar-refractivity contribution in [2.45, 2.75) is 12.8 Å². The molecule has 1 saturated heterocycles. The van der Waals surface area contributed by atoms with Crippen molar-refractivity contribution < 1.29 is 14.7 Å². The van der Waals surface area contributed by atoms with E-state index >= 15 is 0 Å². The van der Waals surface area contributed by atoms with Gasteiger partial charge in [0, 0.05) is 19.0 Å². The zero-order valence-corrected chi connectivity index (χ0v) is 10.0. The molecule has 94 valence electrons. The van der Waals surface area contributed by atoms with Crippen molar-refractivity contribution in [3.8, 4) is 0 Å². The van der Waals surface area contributed by atoms with Gasteiger partial charge in [0.2, 0.25) is 5.91 Å². The van der Waals surface area contributed by atoms with Crippen molar-refractivity contribution in [2.75, 3.05) is 13.1 Å². The van der Waals surface area contributed by atoms with Gasteiger partial charge >= 0.3 is 5.97 Å². The summed E-state index contributed by atoms with van der Waals surface area (Å²) in [5, 5.41) is 8.80. The molecule has 1 aromatic rings. The Morgan fingerprint density at radius 1 is 1.06 bits per heavy atom. The van der Waals surface area contributed by atoms with Gasteiger partial charge in [-0.15, -0.1) is 0 Å². The van der Waals surface area contributed by atoms with E-state index in [1.165, 1.54) is 11.1 Å². The smallest absolute Gasteiger partial charge is 0.310 e. The molecule has 0 bridgehead atoms. The minimum Gasteiger partial charge on any atom is -0.481 e. The first kappa shape index (κ1) is 11.3. The molecule has 1 N–H and O–H groups in total. The molecule has 0 atom stereocenters. The van der Waals surface area contributed by atoms with Crippen LogP contribution in [0.1, 0.15) is 11.1 Å². The highest BCUT2D eigenvalue weighted by Crippen LogP contribution is 2.29. The normalized spacial score (nSPS) is 19.4. The fourth-order valence-corrected chi connectivity index (χ4v) is 2.81. The molecule has 4 nitrogen and oxygen atoms in total. The first-order valence-corrected chi connectivity index (χ1v) is 6.23. The Kier molecular flexibility index (Phi) is 2.58. The summed E-state index contributed by atoms with van der Waals surface area (Å²) in [6.45, 7) is 0.752. The van der Waals surface area contributed by atoms with Crippen molar-refractivity contribution in [1.82, 2.24) is 4.90 Å². The second-order valence-electron chi connectivity index (χ2n) is 5.15. The minimum atomic E-state index is -0.797. The van der Waals surface area contributed by atoms with Gasteiger partial charge in [-0.05, 0) is 24.0 Å². The van der Waals surface area contributed by atoms with E-state index in [1.54, 1.807) is 4.90 Å². The zero-order chi connectivity index (χ0) is 12.7. The second kappa shape index (κ2) is 4.12. The van der Waals surface area contributed by atoms with Crippen LogP contribution in [0.15, 0.2) is 24.3 Å². The number of nitrogens with zero attached hydrogens (tertiary/aromatic N) is 1. The molecule has 1 amide bonds. The summed E-state index contributed by atoms with van der Waals surface area (Å²) in [6.07, 6.45) is 1.59. The van der Waals surface area contributed by atoms with Crippen molar-refractivity contribution >= 4 is 11.9 Å². The molecule has 1 aromatic carbocycles. The van der Waals surface area contributed by atoms with Gasteiger partial charge in [-0.25, -0.2) is 0 Å². The number of rotatable bonds is 2. The molecule has 0 unspecified atom stereocenters. The SMILES string of the molecule is O=C(O)C1CN(C(=O)C2Cc3ccccc3C2)C1. The predicted molar refractivity (Wildman–Crippen MR) is 65.0 cm³/mol. The van der Waals surface area contributed by atoms with Crippen molar-refractivity contribution in [3.63, 3.8) is 0 Å². The van der Waals surface area contributed by atoms with Crippen LogP contribution >= 0.6 is 0 Å². The lowest BCUT2D eigenvalue weighted by Crippen LogP contribution is -2.54. The molecule has 0 spiro atoms. The van der Waals surface area contributed by atoms with Crippen molar-refractivity contribution in [3.05, 3.63) is 35.4 Å². The molecule has 18 heavy (non-hydrogen) atoms. The summed E-state index contributed by atoms with van der Waals surface area (Å²) in [5.41, 5.74) is 2.51. The van der Waals surface area contributed by atoms with E-state index in [-0.39, 0.29) is 17.7 Å². The third-order valence-electron chi connectivity index (χ3n) is 3.94. The Labute approximate surface area is 105 Å². The van der Waals surface area contributed by atoms with Gasteiger partial charge in [-0.2, -0.15) is 0 Å². The number of likely N-dealkylation sites (tertiary alicyclic amines) is 1. The number of carbonyl (C=O) groups is 2. The third kappa shape index (κ3) is 1.78. The first-order chi connectivity index (χ1) is 8.65. The van der Waals surface area contributed by atoms with Crippen LogP contribution in [0.25, 0.3) is 0 Å². The summed E-state index contributed by atoms with van der Waals surface area (Å²) in [5.74, 6) is -1.03. The fraction of sp³-hybridized carbons (Fsp3) is 0.429. The number of aliphatic carboxylic acids is 1. The quantitative estimate of drug-likeness (QED) is 0.843. The van der Waals surface area contributed by atoms with Crippen molar-refractivity contribution in [2.24, 2.45) is 11.8 Å². The van der Waals surface area contributed by atoms with Crippen LogP contribution in [0, 0.1) is 11.8 Å². The maximum atomic E-state index is 12.2. The molecule has 0 radical (unpaired) electrons. The van der Waals surface area contributed by atoms with Crippen LogP contribution in [-0.2, 0) is 22.4 Å². The van der Waals surface area contributed by atoms with E-state index < -0.39 is 5.97 Å². The van der Waals surface area contributed by atoms with Gasteiger partial charge in [0.25, 0.3) is 0 Å². The molecule has 0 aromatic heterocycles. The van der Waals surface area contributed by atoms with E-state index in [9.17, 15) is 9.59 Å². The molecule has 1 aliphatic carbocycles. The maximum Gasteiger partial charge on any atom is 0.310 e. The average molecular weight is 245 g/mol. The maximum absolute atomic E-state index is 12.2. The summed E-state index contributed by atoms with van der Waals surface area (Å²) in [4.78, 5) is 24.6. The monoisotopic (exact) mass is 245 g/mol. The van der Waals surface area contributed by atoms with Crippen molar-refractivity contribution in [1.29, 1.82) is 0 Å². The Morgan fingerprint density at radius 3 is 2.11 bits per heavy atom. The summed E-state index contributed by atoms with van der Waals surface area (Å²) in [6, 6.07) is 8.13. The predicted octanol–water partition coefficient (Wildman–Crippen LogP) is 0.944. The number of carbonyl (C=O) groups excluding carboxylic acids is 1. The van der Waals surface area contributed by atoms with E-state index in [4.69, 9.17) is 5.11 Å². The number of benzene rings is 1. The van der Waals surface area contributed by atoms with E-state index in [1.807, 2.05) is 12.1 Å². The van der Waals surface area contributed by atoms with E-state index in [2.05, 4.69) is 12.1 Å². The lowest BCUT2D eigenvalue weighted by molar-refractivity contribution is -0.154. The van der Waals surface area contributed by atoms with Gasteiger partial charge in [-0.1, -0.05) is 24.3 Å². The highest BCUT2D eigenvalue weighted by Gasteiger charge is 2.39. The van der Waals surface area contributed by atoms with E-state index in [0.717, 1.165) is 12.8 Å². The fourth-order valence-electron chi connectivity index (χ4n) is 2.81. The molecule has 4 heteroatoms. The number of hydrogen-bond donors (Lipinski definition) is 1. The standard InChI is InChI=1S/C14H15NO3/c16-13(15-7-12(8-15)14(17)18)11-5-9-3-1-2-4-10(9)6-11/h1-4,11-12H,5-8H2,(H,17,18). The van der Waals surface area contributed by atoms with Crippen LogP contribution in [0.2, 0.25) is 0 Å². The highest BCUT2D eigenvalue weighted by molar-refractivity contribution is 5.83. The molecule has 1 fully saturated rings. The van der Waals surface area contributed by atoms with Crippen LogP contribution in [-0.4, -0.2) is 35.0 Å². The third-order valence-corrected chi connectivity index (χ3v) is 3.94. The Balaban J connectivity index is 1.62. The van der Waals surface area contributed by atoms with Crippen LogP contribution in [0.5, 0.6) is 0 Å². The van der Waals surface area contributed by atoms with Gasteiger partial charge in [0.05, 0.1) is 5.92 Å². The van der Waals surface area contributed by atoms with Gasteiger partial charge in [0.15, 0.2) is 0 Å². The number of amides is 1. The lowest BCUT2D eigenvalue weighted by Gasteiger charge is -2.38. The average Bonchev–Trinajstić information content (AvgIpc) is 2.69. The number of fused-ring (bicyclic) bond motifs is 1. The molecule has 0 saturated carbocycles.